The summed E-state index contributed by atoms with van der Waals surface area (Å²) >= 11 is 0. The van der Waals surface area contributed by atoms with Crippen molar-refractivity contribution in [1.82, 2.24) is 15.0 Å². The van der Waals surface area contributed by atoms with E-state index in [2.05, 4.69) is 152 Å². The van der Waals surface area contributed by atoms with Gasteiger partial charge in [0.05, 0.1) is 5.41 Å². The van der Waals surface area contributed by atoms with Gasteiger partial charge in [-0.1, -0.05) is 176 Å². The molecule has 2 heterocycles. The molecule has 0 saturated carbocycles. The fourth-order valence-electron chi connectivity index (χ4n) is 8.67. The maximum absolute atomic E-state index is 6.31. The summed E-state index contributed by atoms with van der Waals surface area (Å²) in [6.07, 6.45) is 0. The van der Waals surface area contributed by atoms with Crippen molar-refractivity contribution in [2.24, 2.45) is 0 Å². The van der Waals surface area contributed by atoms with Crippen LogP contribution in [0, 0.1) is 0 Å². The molecule has 11 rings (SSSR count). The van der Waals surface area contributed by atoms with Crippen molar-refractivity contribution in [1.29, 1.82) is 0 Å². The van der Waals surface area contributed by atoms with Crippen LogP contribution in [0.25, 0.3) is 78.4 Å². The van der Waals surface area contributed by atoms with Crippen LogP contribution in [-0.2, 0) is 5.41 Å². The van der Waals surface area contributed by atoms with Gasteiger partial charge in [0.15, 0.2) is 17.5 Å². The Balaban J connectivity index is 1.09. The van der Waals surface area contributed by atoms with Gasteiger partial charge in [-0.3, -0.25) is 0 Å². The topological polar surface area (TPSA) is 51.8 Å². The van der Waals surface area contributed by atoms with Crippen LogP contribution in [0.15, 0.2) is 205 Å². The van der Waals surface area contributed by atoms with Crippen LogP contribution in [0.4, 0.5) is 0 Å². The van der Waals surface area contributed by atoms with Crippen molar-refractivity contribution in [3.05, 3.63) is 222 Å². The van der Waals surface area contributed by atoms with Gasteiger partial charge >= 0.3 is 0 Å². The van der Waals surface area contributed by atoms with E-state index < -0.39 is 5.41 Å². The fourth-order valence-corrected chi connectivity index (χ4v) is 8.67. The number of para-hydroxylation sites is 1. The zero-order chi connectivity index (χ0) is 37.1. The smallest absolute Gasteiger partial charge is 0.164 e. The van der Waals surface area contributed by atoms with Crippen molar-refractivity contribution in [2.45, 2.75) is 5.41 Å². The number of rotatable bonds is 6. The van der Waals surface area contributed by atoms with E-state index in [4.69, 9.17) is 19.4 Å². The molecule has 1 aliphatic carbocycles. The second-order valence-electron chi connectivity index (χ2n) is 14.3. The summed E-state index contributed by atoms with van der Waals surface area (Å²) < 4.78 is 6.31. The van der Waals surface area contributed by atoms with Crippen molar-refractivity contribution < 1.29 is 4.42 Å². The third kappa shape index (κ3) is 5.04. The molecular formula is C52H33N3O. The van der Waals surface area contributed by atoms with E-state index in [1.54, 1.807) is 0 Å². The van der Waals surface area contributed by atoms with Gasteiger partial charge in [-0.05, 0) is 68.8 Å². The Labute approximate surface area is 324 Å². The molecule has 0 aliphatic heterocycles. The van der Waals surface area contributed by atoms with Crippen molar-refractivity contribution >= 4 is 21.9 Å². The molecule has 4 heteroatoms. The molecule has 4 nitrogen and oxygen atoms in total. The number of hydrogen-bond donors (Lipinski definition) is 0. The predicted molar refractivity (Wildman–Crippen MR) is 226 cm³/mol. The minimum Gasteiger partial charge on any atom is -0.456 e. The van der Waals surface area contributed by atoms with E-state index in [9.17, 15) is 0 Å². The summed E-state index contributed by atoms with van der Waals surface area (Å²) in [5.74, 6) is 1.89. The molecule has 0 bridgehead atoms. The largest absolute Gasteiger partial charge is 0.456 e. The monoisotopic (exact) mass is 715 g/mol. The first-order valence-corrected chi connectivity index (χ1v) is 18.9. The lowest BCUT2D eigenvalue weighted by molar-refractivity contribution is 0.668. The summed E-state index contributed by atoms with van der Waals surface area (Å²) in [5.41, 5.74) is 13.6. The SMILES string of the molecule is c1ccc(-c2cccc(-c3nc(-c4ccccc4)nc(-c4ccc(C5(c6ccc7oc8ccccc8c7c6)c6ccccc6-c6ccccc65)cc4)n3)c2)cc1. The summed E-state index contributed by atoms with van der Waals surface area (Å²) in [6, 6.07) is 70.5. The number of benzene rings is 8. The van der Waals surface area contributed by atoms with Gasteiger partial charge in [0, 0.05) is 27.5 Å². The maximum Gasteiger partial charge on any atom is 0.164 e. The highest BCUT2D eigenvalue weighted by Crippen LogP contribution is 2.56. The van der Waals surface area contributed by atoms with Crippen molar-refractivity contribution in [3.8, 4) is 56.4 Å². The molecule has 8 aromatic carbocycles. The summed E-state index contributed by atoms with van der Waals surface area (Å²) in [5, 5.41) is 2.22. The summed E-state index contributed by atoms with van der Waals surface area (Å²) in [4.78, 5) is 15.2. The van der Waals surface area contributed by atoms with E-state index in [0.29, 0.717) is 17.5 Å². The Morgan fingerprint density at radius 1 is 0.321 bits per heavy atom. The maximum atomic E-state index is 6.31. The van der Waals surface area contributed by atoms with Gasteiger partial charge in [-0.2, -0.15) is 0 Å². The third-order valence-corrected chi connectivity index (χ3v) is 11.2. The van der Waals surface area contributed by atoms with Gasteiger partial charge < -0.3 is 4.42 Å². The lowest BCUT2D eigenvalue weighted by Gasteiger charge is -2.34. The second kappa shape index (κ2) is 12.9. The number of hydrogen-bond acceptors (Lipinski definition) is 4. The van der Waals surface area contributed by atoms with Crippen LogP contribution in [0.1, 0.15) is 22.3 Å². The van der Waals surface area contributed by atoms with Gasteiger partial charge in [-0.15, -0.1) is 0 Å². The lowest BCUT2D eigenvalue weighted by atomic mass is 9.67. The van der Waals surface area contributed by atoms with Gasteiger partial charge in [-0.25, -0.2) is 15.0 Å². The molecule has 0 amide bonds. The van der Waals surface area contributed by atoms with Crippen LogP contribution in [0.2, 0.25) is 0 Å². The first kappa shape index (κ1) is 32.0. The Bertz CT molecular complexity index is 3030. The molecule has 10 aromatic rings. The third-order valence-electron chi connectivity index (χ3n) is 11.2. The average Bonchev–Trinajstić information content (AvgIpc) is 3.80. The van der Waals surface area contributed by atoms with E-state index >= 15 is 0 Å². The molecule has 0 radical (unpaired) electrons. The number of nitrogens with zero attached hydrogens (tertiary/aromatic N) is 3. The molecule has 0 spiro atoms. The molecule has 1 aliphatic rings. The molecule has 0 N–H and O–H groups in total. The standard InChI is InChI=1S/C52H33N3O/c1-3-14-34(15-4-1)37-18-13-19-38(32-37)51-54-49(35-16-5-2-6-17-35)53-50(55-51)36-26-28-39(29-27-36)52(45-23-10-7-20-41(45)42-21-8-11-24-46(42)52)40-30-31-48-44(33-40)43-22-9-12-25-47(43)56-48/h1-33H. The minimum atomic E-state index is -0.574. The molecule has 0 atom stereocenters. The van der Waals surface area contributed by atoms with Crippen LogP contribution >= 0.6 is 0 Å². The summed E-state index contributed by atoms with van der Waals surface area (Å²) in [7, 11) is 0. The van der Waals surface area contributed by atoms with E-state index in [-0.39, 0.29) is 0 Å². The first-order chi connectivity index (χ1) is 27.7. The fraction of sp³-hybridized carbons (Fsp3) is 0.0192. The Morgan fingerprint density at radius 3 is 1.52 bits per heavy atom. The zero-order valence-corrected chi connectivity index (χ0v) is 30.3. The van der Waals surface area contributed by atoms with E-state index in [1.165, 1.54) is 33.4 Å². The average molecular weight is 716 g/mol. The molecular weight excluding hydrogens is 683 g/mol. The molecule has 262 valence electrons. The minimum absolute atomic E-state index is 0.574. The van der Waals surface area contributed by atoms with E-state index in [0.717, 1.165) is 49.8 Å². The normalized spacial score (nSPS) is 12.8. The quantitative estimate of drug-likeness (QED) is 0.172. The highest BCUT2D eigenvalue weighted by molar-refractivity contribution is 6.05. The van der Waals surface area contributed by atoms with Crippen molar-refractivity contribution in [2.75, 3.05) is 0 Å². The van der Waals surface area contributed by atoms with Gasteiger partial charge in [0.2, 0.25) is 0 Å². The molecule has 0 unspecified atom stereocenters. The molecule has 56 heavy (non-hydrogen) atoms. The van der Waals surface area contributed by atoms with Gasteiger partial charge in [0.25, 0.3) is 0 Å². The van der Waals surface area contributed by atoms with Gasteiger partial charge in [0.1, 0.15) is 11.2 Å². The first-order valence-electron chi connectivity index (χ1n) is 18.9. The van der Waals surface area contributed by atoms with Crippen LogP contribution in [-0.4, -0.2) is 15.0 Å². The Hall–Kier alpha value is -7.43. The van der Waals surface area contributed by atoms with Crippen molar-refractivity contribution in [3.63, 3.8) is 0 Å². The molecule has 0 fully saturated rings. The number of furan rings is 1. The Kier molecular flexibility index (Phi) is 7.36. The van der Waals surface area contributed by atoms with Crippen LogP contribution in [0.5, 0.6) is 0 Å². The lowest BCUT2D eigenvalue weighted by Crippen LogP contribution is -2.28. The zero-order valence-electron chi connectivity index (χ0n) is 30.3. The number of fused-ring (bicyclic) bond motifs is 6. The number of aromatic nitrogens is 3. The highest BCUT2D eigenvalue weighted by Gasteiger charge is 2.46. The van der Waals surface area contributed by atoms with Crippen LogP contribution in [0.3, 0.4) is 0 Å². The van der Waals surface area contributed by atoms with Crippen LogP contribution < -0.4 is 0 Å². The predicted octanol–water partition coefficient (Wildman–Crippen LogP) is 12.8. The Morgan fingerprint density at radius 2 is 0.821 bits per heavy atom. The van der Waals surface area contributed by atoms with E-state index in [1.807, 2.05) is 48.5 Å². The molecule has 2 aromatic heterocycles. The summed E-state index contributed by atoms with van der Waals surface area (Å²) in [6.45, 7) is 0. The molecule has 0 saturated heterocycles. The highest BCUT2D eigenvalue weighted by atomic mass is 16.3. The second-order valence-corrected chi connectivity index (χ2v) is 14.3.